The van der Waals surface area contributed by atoms with Gasteiger partial charge in [-0.05, 0) is 37.2 Å². The lowest BCUT2D eigenvalue weighted by Gasteiger charge is -2.30. The number of furan rings is 1. The van der Waals surface area contributed by atoms with E-state index in [1.165, 1.54) is 0 Å². The Hall–Kier alpha value is -1.44. The van der Waals surface area contributed by atoms with E-state index < -0.39 is 0 Å². The molecule has 0 radical (unpaired) electrons. The van der Waals surface area contributed by atoms with Crippen LogP contribution in [0.3, 0.4) is 0 Å². The topological polar surface area (TPSA) is 48.4 Å². The second-order valence-electron chi connectivity index (χ2n) is 5.34. The van der Waals surface area contributed by atoms with Crippen LogP contribution >= 0.6 is 12.2 Å². The van der Waals surface area contributed by atoms with E-state index in [-0.39, 0.29) is 0 Å². The highest BCUT2D eigenvalue weighted by molar-refractivity contribution is 7.71. The third-order valence-electron chi connectivity index (χ3n) is 3.98. The summed E-state index contributed by atoms with van der Waals surface area (Å²) in [6, 6.07) is 3.75. The summed E-state index contributed by atoms with van der Waals surface area (Å²) in [6.07, 6.45) is 4.15. The monoisotopic (exact) mass is 308 g/mol. The zero-order chi connectivity index (χ0) is 14.8. The zero-order valence-electron chi connectivity index (χ0n) is 12.4. The van der Waals surface area contributed by atoms with Gasteiger partial charge in [0.05, 0.1) is 19.0 Å². The van der Waals surface area contributed by atoms with Gasteiger partial charge in [-0.2, -0.15) is 0 Å². The number of hydrogen-bond acceptors (Lipinski definition) is 5. The number of methoxy groups -OCH3 is 1. The van der Waals surface area contributed by atoms with Gasteiger partial charge in [-0.15, -0.1) is 5.10 Å². The van der Waals surface area contributed by atoms with E-state index in [0.717, 1.165) is 37.5 Å². The molecule has 3 rings (SSSR count). The average molecular weight is 308 g/mol. The van der Waals surface area contributed by atoms with Crippen molar-refractivity contribution in [1.29, 1.82) is 0 Å². The highest BCUT2D eigenvalue weighted by atomic mass is 32.1. The summed E-state index contributed by atoms with van der Waals surface area (Å²) in [5.41, 5.74) is 0. The van der Waals surface area contributed by atoms with Crippen molar-refractivity contribution >= 4 is 12.2 Å². The molecule has 6 nitrogen and oxygen atoms in total. The highest BCUT2D eigenvalue weighted by Gasteiger charge is 2.20. The van der Waals surface area contributed by atoms with Gasteiger partial charge in [0.25, 0.3) is 0 Å². The summed E-state index contributed by atoms with van der Waals surface area (Å²) in [4.78, 5) is 2.35. The SMILES string of the molecule is COC1CCN(Cn2nc(-c3ccco3)n(C)c2=S)CC1. The largest absolute Gasteiger partial charge is 0.461 e. The van der Waals surface area contributed by atoms with Crippen molar-refractivity contribution in [2.75, 3.05) is 20.2 Å². The highest BCUT2D eigenvalue weighted by Crippen LogP contribution is 2.19. The van der Waals surface area contributed by atoms with Gasteiger partial charge in [0.15, 0.2) is 16.4 Å². The minimum atomic E-state index is 0.386. The number of hydrogen-bond donors (Lipinski definition) is 0. The summed E-state index contributed by atoms with van der Waals surface area (Å²) in [5, 5.41) is 4.59. The van der Waals surface area contributed by atoms with Crippen LogP contribution in [0.5, 0.6) is 0 Å². The molecule has 0 unspecified atom stereocenters. The maximum atomic E-state index is 5.47. The van der Waals surface area contributed by atoms with Crippen LogP contribution < -0.4 is 0 Å². The Kier molecular flexibility index (Phi) is 4.23. The fourth-order valence-electron chi connectivity index (χ4n) is 2.68. The van der Waals surface area contributed by atoms with Gasteiger partial charge in [-0.3, -0.25) is 4.90 Å². The van der Waals surface area contributed by atoms with Crippen molar-refractivity contribution in [3.63, 3.8) is 0 Å². The molecule has 21 heavy (non-hydrogen) atoms. The Morgan fingerprint density at radius 1 is 1.43 bits per heavy atom. The molecule has 0 bridgehead atoms. The molecular weight excluding hydrogens is 288 g/mol. The Morgan fingerprint density at radius 2 is 2.19 bits per heavy atom. The first-order valence-corrected chi connectivity index (χ1v) is 7.52. The summed E-state index contributed by atoms with van der Waals surface area (Å²) in [6.45, 7) is 2.73. The fourth-order valence-corrected chi connectivity index (χ4v) is 2.86. The Morgan fingerprint density at radius 3 is 2.81 bits per heavy atom. The van der Waals surface area contributed by atoms with Gasteiger partial charge in [-0.25, -0.2) is 4.68 Å². The Labute approximate surface area is 128 Å². The smallest absolute Gasteiger partial charge is 0.199 e. The molecule has 3 heterocycles. The second-order valence-corrected chi connectivity index (χ2v) is 5.70. The van der Waals surface area contributed by atoms with Crippen LogP contribution in [0.4, 0.5) is 0 Å². The van der Waals surface area contributed by atoms with Gasteiger partial charge in [0, 0.05) is 27.2 Å². The minimum Gasteiger partial charge on any atom is -0.461 e. The molecule has 0 atom stereocenters. The van der Waals surface area contributed by atoms with Gasteiger partial charge < -0.3 is 13.7 Å². The third kappa shape index (κ3) is 2.95. The van der Waals surface area contributed by atoms with E-state index >= 15 is 0 Å². The molecule has 1 saturated heterocycles. The van der Waals surface area contributed by atoms with Gasteiger partial charge in [0.2, 0.25) is 0 Å². The van der Waals surface area contributed by atoms with E-state index in [1.54, 1.807) is 13.4 Å². The summed E-state index contributed by atoms with van der Waals surface area (Å²) < 4.78 is 15.3. The van der Waals surface area contributed by atoms with Crippen LogP contribution in [-0.2, 0) is 18.5 Å². The molecule has 2 aromatic rings. The van der Waals surface area contributed by atoms with Gasteiger partial charge in [-0.1, -0.05) is 0 Å². The normalized spacial score (nSPS) is 17.4. The predicted octanol–water partition coefficient (Wildman–Crippen LogP) is 2.28. The Balaban J connectivity index is 1.75. The van der Waals surface area contributed by atoms with Gasteiger partial charge >= 0.3 is 0 Å². The number of likely N-dealkylation sites (tertiary alicyclic amines) is 1. The molecule has 2 aromatic heterocycles. The molecule has 114 valence electrons. The third-order valence-corrected chi connectivity index (χ3v) is 4.47. The number of rotatable bonds is 4. The lowest BCUT2D eigenvalue weighted by Crippen LogP contribution is -2.38. The maximum absolute atomic E-state index is 5.47. The van der Waals surface area contributed by atoms with E-state index in [1.807, 2.05) is 28.4 Å². The van der Waals surface area contributed by atoms with Crippen LogP contribution in [0.25, 0.3) is 11.6 Å². The number of nitrogens with zero attached hydrogens (tertiary/aromatic N) is 4. The first-order valence-electron chi connectivity index (χ1n) is 7.12. The quantitative estimate of drug-likeness (QED) is 0.811. The van der Waals surface area contributed by atoms with Gasteiger partial charge in [0.1, 0.15) is 0 Å². The first kappa shape index (κ1) is 14.5. The standard InChI is InChI=1S/C14H20N4O2S/c1-16-13(12-4-3-9-20-12)15-18(14(16)21)10-17-7-5-11(19-2)6-8-17/h3-4,9,11H,5-8,10H2,1-2H3. The van der Waals surface area contributed by atoms with Crippen LogP contribution in [0, 0.1) is 4.77 Å². The van der Waals surface area contributed by atoms with Crippen molar-refractivity contribution in [2.45, 2.75) is 25.6 Å². The number of piperidine rings is 1. The van der Waals surface area contributed by atoms with Crippen LogP contribution in [0.1, 0.15) is 12.8 Å². The average Bonchev–Trinajstić information content (AvgIpc) is 3.12. The van der Waals surface area contributed by atoms with Crippen molar-refractivity contribution in [1.82, 2.24) is 19.2 Å². The summed E-state index contributed by atoms with van der Waals surface area (Å²) in [7, 11) is 3.70. The molecule has 7 heteroatoms. The minimum absolute atomic E-state index is 0.386. The lowest BCUT2D eigenvalue weighted by atomic mass is 10.1. The summed E-state index contributed by atoms with van der Waals surface area (Å²) >= 11 is 5.47. The van der Waals surface area contributed by atoms with Crippen LogP contribution in [0.15, 0.2) is 22.8 Å². The molecule has 0 aromatic carbocycles. The van der Waals surface area contributed by atoms with Crippen molar-refractivity contribution in [2.24, 2.45) is 7.05 Å². The molecule has 0 spiro atoms. The number of ether oxygens (including phenoxy) is 1. The number of aromatic nitrogens is 3. The first-order chi connectivity index (χ1) is 10.2. The second kappa shape index (κ2) is 6.13. The van der Waals surface area contributed by atoms with E-state index in [2.05, 4.69) is 10.00 Å². The molecule has 0 N–H and O–H groups in total. The molecule has 1 aliphatic rings. The Bertz CT molecular complexity index is 638. The van der Waals surface area contributed by atoms with Crippen molar-refractivity contribution < 1.29 is 9.15 Å². The van der Waals surface area contributed by atoms with Crippen molar-refractivity contribution in [3.8, 4) is 11.6 Å². The maximum Gasteiger partial charge on any atom is 0.199 e. The lowest BCUT2D eigenvalue weighted by molar-refractivity contribution is 0.0301. The molecule has 1 fully saturated rings. The fraction of sp³-hybridized carbons (Fsp3) is 0.571. The van der Waals surface area contributed by atoms with Crippen LogP contribution in [-0.4, -0.2) is 45.6 Å². The molecule has 0 amide bonds. The predicted molar refractivity (Wildman–Crippen MR) is 81.3 cm³/mol. The summed E-state index contributed by atoms with van der Waals surface area (Å²) in [5.74, 6) is 1.50. The van der Waals surface area contributed by atoms with E-state index in [0.29, 0.717) is 17.5 Å². The molecule has 0 aliphatic carbocycles. The zero-order valence-corrected chi connectivity index (χ0v) is 13.2. The molecule has 0 saturated carbocycles. The van der Waals surface area contributed by atoms with E-state index in [4.69, 9.17) is 21.4 Å². The van der Waals surface area contributed by atoms with Crippen molar-refractivity contribution in [3.05, 3.63) is 23.2 Å². The van der Waals surface area contributed by atoms with E-state index in [9.17, 15) is 0 Å². The molecular formula is C14H20N4O2S. The molecule has 1 aliphatic heterocycles. The van der Waals surface area contributed by atoms with Crippen LogP contribution in [0.2, 0.25) is 0 Å².